The van der Waals surface area contributed by atoms with Gasteiger partial charge in [-0.2, -0.15) is 0 Å². The summed E-state index contributed by atoms with van der Waals surface area (Å²) in [6, 6.07) is 0. The second-order valence-corrected chi connectivity index (χ2v) is 7.78. The number of carbonyl (C=O) groups excluding carboxylic acids is 1. The van der Waals surface area contributed by atoms with Gasteiger partial charge in [0.05, 0.1) is 24.4 Å². The summed E-state index contributed by atoms with van der Waals surface area (Å²) in [6.07, 6.45) is 0.355. The highest BCUT2D eigenvalue weighted by atomic mass is 16.6. The molecule has 1 N–H and O–H groups in total. The molecule has 0 aromatic carbocycles. The summed E-state index contributed by atoms with van der Waals surface area (Å²) < 4.78 is 22.2. The molecule has 0 fully saturated rings. The highest BCUT2D eigenvalue weighted by Gasteiger charge is 2.38. The summed E-state index contributed by atoms with van der Waals surface area (Å²) in [5, 5.41) is 9.93. The summed E-state index contributed by atoms with van der Waals surface area (Å²) in [5.74, 6) is -1.67. The van der Waals surface area contributed by atoms with Crippen molar-refractivity contribution in [2.45, 2.75) is 97.9 Å². The molecule has 2 atom stereocenters. The maximum Gasteiger partial charge on any atom is 0.337 e. The number of ether oxygens (including phenoxy) is 4. The van der Waals surface area contributed by atoms with Gasteiger partial charge < -0.3 is 24.1 Å². The molecule has 0 spiro atoms. The predicted octanol–water partition coefficient (Wildman–Crippen LogP) is 3.05. The zero-order chi connectivity index (χ0) is 19.2. The first-order valence-electron chi connectivity index (χ1n) is 8.60. The molecular weight excluding hydrogens is 312 g/mol. The quantitative estimate of drug-likeness (QED) is 0.457. The molecular formula is C18H36O6. The summed E-state index contributed by atoms with van der Waals surface area (Å²) in [5.41, 5.74) is -1.90. The number of hydrogen-bond acceptors (Lipinski definition) is 6. The van der Waals surface area contributed by atoms with Crippen LogP contribution in [-0.2, 0) is 23.7 Å². The van der Waals surface area contributed by atoms with Crippen molar-refractivity contribution in [3.63, 3.8) is 0 Å². The molecule has 0 amide bonds. The van der Waals surface area contributed by atoms with E-state index in [4.69, 9.17) is 18.9 Å². The Morgan fingerprint density at radius 1 is 1.08 bits per heavy atom. The van der Waals surface area contributed by atoms with Crippen LogP contribution in [0.5, 0.6) is 0 Å². The fraction of sp³-hybridized carbons (Fsp3) is 0.944. The fourth-order valence-electron chi connectivity index (χ4n) is 2.06. The van der Waals surface area contributed by atoms with Crippen LogP contribution in [0.15, 0.2) is 0 Å². The van der Waals surface area contributed by atoms with Crippen LogP contribution < -0.4 is 0 Å². The van der Waals surface area contributed by atoms with Crippen molar-refractivity contribution in [3.8, 4) is 0 Å². The van der Waals surface area contributed by atoms with Crippen LogP contribution in [0.25, 0.3) is 0 Å². The normalized spacial score (nSPS) is 16.8. The van der Waals surface area contributed by atoms with Crippen LogP contribution in [0.4, 0.5) is 0 Å². The number of rotatable bonds is 11. The molecule has 0 heterocycles. The van der Waals surface area contributed by atoms with E-state index in [-0.39, 0.29) is 25.4 Å². The molecule has 0 bridgehead atoms. The van der Waals surface area contributed by atoms with Crippen molar-refractivity contribution >= 4 is 5.97 Å². The Kier molecular flexibility index (Phi) is 8.87. The largest absolute Gasteiger partial charge is 0.461 e. The monoisotopic (exact) mass is 348 g/mol. The first kappa shape index (κ1) is 23.3. The smallest absolute Gasteiger partial charge is 0.337 e. The number of carbonyl (C=O) groups is 1. The van der Waals surface area contributed by atoms with Gasteiger partial charge in [-0.3, -0.25) is 0 Å². The molecule has 0 saturated heterocycles. The zero-order valence-corrected chi connectivity index (χ0v) is 16.8. The Balaban J connectivity index is 4.55. The lowest BCUT2D eigenvalue weighted by atomic mass is 10.1. The lowest BCUT2D eigenvalue weighted by Gasteiger charge is -2.36. The molecule has 0 aliphatic heterocycles. The molecule has 6 nitrogen and oxygen atoms in total. The highest BCUT2D eigenvalue weighted by molar-refractivity contribution is 5.78. The van der Waals surface area contributed by atoms with Crippen molar-refractivity contribution in [2.75, 3.05) is 13.2 Å². The van der Waals surface area contributed by atoms with Gasteiger partial charge in [-0.15, -0.1) is 0 Å². The third-order valence-electron chi connectivity index (χ3n) is 3.36. The molecule has 144 valence electrons. The first-order chi connectivity index (χ1) is 10.7. The maximum atomic E-state index is 12.3. The van der Waals surface area contributed by atoms with E-state index in [1.54, 1.807) is 34.6 Å². The van der Waals surface area contributed by atoms with Crippen molar-refractivity contribution in [1.82, 2.24) is 0 Å². The van der Waals surface area contributed by atoms with Crippen molar-refractivity contribution < 1.29 is 28.8 Å². The summed E-state index contributed by atoms with van der Waals surface area (Å²) in [6.45, 7) is 16.4. The molecule has 24 heavy (non-hydrogen) atoms. The van der Waals surface area contributed by atoms with Crippen molar-refractivity contribution in [3.05, 3.63) is 0 Å². The molecule has 0 aromatic rings. The second kappa shape index (κ2) is 9.13. The lowest BCUT2D eigenvalue weighted by Crippen LogP contribution is -2.47. The second-order valence-electron chi connectivity index (χ2n) is 7.78. The molecule has 0 aromatic heterocycles. The number of esters is 1. The Bertz CT molecular complexity index is 387. The van der Waals surface area contributed by atoms with E-state index in [9.17, 15) is 9.90 Å². The lowest BCUT2D eigenvalue weighted by molar-refractivity contribution is -0.240. The predicted molar refractivity (Wildman–Crippen MR) is 92.8 cm³/mol. The molecule has 0 radical (unpaired) electrons. The van der Waals surface area contributed by atoms with Crippen LogP contribution in [0.1, 0.15) is 68.7 Å². The highest BCUT2D eigenvalue weighted by Crippen LogP contribution is 2.24. The van der Waals surface area contributed by atoms with Gasteiger partial charge in [-0.1, -0.05) is 6.92 Å². The van der Waals surface area contributed by atoms with Gasteiger partial charge in [0.25, 0.3) is 0 Å². The van der Waals surface area contributed by atoms with Crippen molar-refractivity contribution in [2.24, 2.45) is 0 Å². The van der Waals surface area contributed by atoms with Crippen LogP contribution in [0.2, 0.25) is 0 Å². The van der Waals surface area contributed by atoms with E-state index >= 15 is 0 Å². The van der Waals surface area contributed by atoms with Gasteiger partial charge in [-0.05, 0) is 61.8 Å². The average molecular weight is 348 g/mol. The topological polar surface area (TPSA) is 74.2 Å². The summed E-state index contributed by atoms with van der Waals surface area (Å²) in [4.78, 5) is 12.3. The summed E-state index contributed by atoms with van der Waals surface area (Å²) in [7, 11) is 0. The Hall–Kier alpha value is -0.690. The van der Waals surface area contributed by atoms with Crippen LogP contribution in [0, 0.1) is 0 Å². The van der Waals surface area contributed by atoms with Crippen LogP contribution in [0.3, 0.4) is 0 Å². The maximum absolute atomic E-state index is 12.3. The minimum atomic E-state index is -1.21. The van der Waals surface area contributed by atoms with E-state index in [0.717, 1.165) is 0 Å². The van der Waals surface area contributed by atoms with E-state index < -0.39 is 23.0 Å². The molecule has 0 aliphatic carbocycles. The third kappa shape index (κ3) is 9.57. The summed E-state index contributed by atoms with van der Waals surface area (Å²) >= 11 is 0. The Morgan fingerprint density at radius 2 is 1.62 bits per heavy atom. The standard InChI is InChI=1S/C18H36O6/c1-10-18(9,20)22-12-16(5,6)24-17(7,8)15(19)21-11-14(4)23-13(2)3/h13-14,20H,10-12H2,1-9H3. The van der Waals surface area contributed by atoms with Gasteiger partial charge in [0.15, 0.2) is 11.4 Å². The first-order valence-corrected chi connectivity index (χ1v) is 8.60. The van der Waals surface area contributed by atoms with Crippen molar-refractivity contribution in [1.29, 1.82) is 0 Å². The molecule has 6 heteroatoms. The zero-order valence-electron chi connectivity index (χ0n) is 16.8. The average Bonchev–Trinajstić information content (AvgIpc) is 2.41. The Morgan fingerprint density at radius 3 is 2.08 bits per heavy atom. The van der Waals surface area contributed by atoms with Gasteiger partial charge in [0.1, 0.15) is 6.61 Å². The molecule has 0 aliphatic rings. The van der Waals surface area contributed by atoms with Crippen LogP contribution in [-0.4, -0.2) is 53.5 Å². The number of hydrogen-bond donors (Lipinski definition) is 1. The minimum Gasteiger partial charge on any atom is -0.461 e. The van der Waals surface area contributed by atoms with Gasteiger partial charge >= 0.3 is 5.97 Å². The fourth-order valence-corrected chi connectivity index (χ4v) is 2.06. The molecule has 0 rings (SSSR count). The van der Waals surface area contributed by atoms with E-state index in [1.165, 1.54) is 0 Å². The minimum absolute atomic E-state index is 0.0744. The number of aliphatic hydroxyl groups is 1. The van der Waals surface area contributed by atoms with Gasteiger partial charge in [0.2, 0.25) is 0 Å². The third-order valence-corrected chi connectivity index (χ3v) is 3.36. The molecule has 0 saturated carbocycles. The molecule has 2 unspecified atom stereocenters. The SMILES string of the molecule is CCC(C)(O)OCC(C)(C)OC(C)(C)C(=O)OCC(C)OC(C)C. The van der Waals surface area contributed by atoms with E-state index in [2.05, 4.69) is 0 Å². The van der Waals surface area contributed by atoms with E-state index in [1.807, 2.05) is 27.7 Å². The van der Waals surface area contributed by atoms with Gasteiger partial charge in [-0.25, -0.2) is 4.79 Å². The van der Waals surface area contributed by atoms with Crippen LogP contribution >= 0.6 is 0 Å². The van der Waals surface area contributed by atoms with Gasteiger partial charge in [0, 0.05) is 0 Å². The van der Waals surface area contributed by atoms with E-state index in [0.29, 0.717) is 6.42 Å². The Labute approximate surface area is 146 Å².